The van der Waals surface area contributed by atoms with Crippen LogP contribution in [0.2, 0.25) is 0 Å². The van der Waals surface area contributed by atoms with E-state index in [0.29, 0.717) is 5.69 Å². The van der Waals surface area contributed by atoms with Crippen molar-refractivity contribution in [1.82, 2.24) is 9.38 Å². The number of aromatic nitrogens is 2. The SMILES string of the molecule is O=C(O)C=Cc1nc(-c2cccs2)n2ccccc12. The molecular weight excluding hydrogens is 260 g/mol. The van der Waals surface area contributed by atoms with Crippen LogP contribution in [-0.4, -0.2) is 20.5 Å². The normalized spacial score (nSPS) is 11.4. The molecule has 19 heavy (non-hydrogen) atoms. The number of aliphatic carboxylic acids is 1. The highest BCUT2D eigenvalue weighted by Crippen LogP contribution is 2.26. The fraction of sp³-hybridized carbons (Fsp3) is 0. The van der Waals surface area contributed by atoms with Crippen LogP contribution in [0.5, 0.6) is 0 Å². The average Bonchev–Trinajstić information content (AvgIpc) is 3.03. The number of hydrogen-bond acceptors (Lipinski definition) is 3. The molecule has 94 valence electrons. The van der Waals surface area contributed by atoms with E-state index in [1.165, 1.54) is 6.08 Å². The second kappa shape index (κ2) is 4.70. The number of rotatable bonds is 3. The lowest BCUT2D eigenvalue weighted by molar-refractivity contribution is -0.131. The molecule has 3 heterocycles. The maximum absolute atomic E-state index is 10.6. The lowest BCUT2D eigenvalue weighted by atomic mass is 10.3. The quantitative estimate of drug-likeness (QED) is 0.744. The zero-order valence-electron chi connectivity index (χ0n) is 9.85. The molecule has 3 aromatic rings. The molecule has 3 rings (SSSR count). The topological polar surface area (TPSA) is 54.6 Å². The first-order valence-corrected chi connectivity index (χ1v) is 6.55. The third-order valence-corrected chi connectivity index (χ3v) is 3.57. The molecule has 0 aliphatic rings. The van der Waals surface area contributed by atoms with Gasteiger partial charge in [0.25, 0.3) is 0 Å². The standard InChI is InChI=1S/C14H10N2O2S/c17-13(18)7-6-10-11-4-1-2-8-16(11)14(15-10)12-5-3-9-19-12/h1-9H,(H,17,18). The van der Waals surface area contributed by atoms with Crippen molar-refractivity contribution < 1.29 is 9.90 Å². The third kappa shape index (κ3) is 2.15. The van der Waals surface area contributed by atoms with Crippen molar-refractivity contribution in [3.05, 3.63) is 53.7 Å². The third-order valence-electron chi connectivity index (χ3n) is 2.70. The summed E-state index contributed by atoms with van der Waals surface area (Å²) >= 11 is 1.60. The van der Waals surface area contributed by atoms with Gasteiger partial charge in [0.05, 0.1) is 16.1 Å². The molecule has 1 N–H and O–H groups in total. The molecule has 0 saturated heterocycles. The smallest absolute Gasteiger partial charge is 0.328 e. The Kier molecular flexibility index (Phi) is 2.89. The van der Waals surface area contributed by atoms with Gasteiger partial charge in [0, 0.05) is 12.3 Å². The van der Waals surface area contributed by atoms with E-state index >= 15 is 0 Å². The van der Waals surface area contributed by atoms with Gasteiger partial charge in [-0.2, -0.15) is 0 Å². The maximum Gasteiger partial charge on any atom is 0.328 e. The van der Waals surface area contributed by atoms with Gasteiger partial charge >= 0.3 is 5.97 Å². The number of carboxylic acid groups (broad SMARTS) is 1. The number of fused-ring (bicyclic) bond motifs is 1. The summed E-state index contributed by atoms with van der Waals surface area (Å²) in [7, 11) is 0. The van der Waals surface area contributed by atoms with Crippen LogP contribution < -0.4 is 0 Å². The summed E-state index contributed by atoms with van der Waals surface area (Å²) < 4.78 is 1.97. The minimum absolute atomic E-state index is 0.659. The average molecular weight is 270 g/mol. The minimum atomic E-state index is -0.977. The van der Waals surface area contributed by atoms with Crippen LogP contribution in [0.1, 0.15) is 5.69 Å². The molecule has 0 aliphatic heterocycles. The summed E-state index contributed by atoms with van der Waals surface area (Å²) in [6.45, 7) is 0. The second-order valence-electron chi connectivity index (χ2n) is 3.93. The number of carboxylic acids is 1. The number of imidazole rings is 1. The van der Waals surface area contributed by atoms with Crippen molar-refractivity contribution in [1.29, 1.82) is 0 Å². The van der Waals surface area contributed by atoms with E-state index in [-0.39, 0.29) is 0 Å². The summed E-state index contributed by atoms with van der Waals surface area (Å²) in [5.41, 5.74) is 1.55. The lowest BCUT2D eigenvalue weighted by Crippen LogP contribution is -1.86. The van der Waals surface area contributed by atoms with Gasteiger partial charge in [-0.05, 0) is 29.7 Å². The summed E-state index contributed by atoms with van der Waals surface area (Å²) in [6.07, 6.45) is 4.55. The molecule has 0 radical (unpaired) electrons. The molecule has 3 aromatic heterocycles. The first kappa shape index (κ1) is 11.7. The van der Waals surface area contributed by atoms with Gasteiger partial charge in [0.2, 0.25) is 0 Å². The number of thiophene rings is 1. The first-order chi connectivity index (χ1) is 9.25. The fourth-order valence-electron chi connectivity index (χ4n) is 1.91. The Morgan fingerprint density at radius 1 is 1.32 bits per heavy atom. The van der Waals surface area contributed by atoms with Crippen molar-refractivity contribution in [2.75, 3.05) is 0 Å². The lowest BCUT2D eigenvalue weighted by Gasteiger charge is -1.96. The van der Waals surface area contributed by atoms with Gasteiger partial charge in [-0.15, -0.1) is 11.3 Å². The van der Waals surface area contributed by atoms with E-state index in [0.717, 1.165) is 22.3 Å². The Labute approximate surface area is 113 Å². The summed E-state index contributed by atoms with van der Waals surface area (Å²) in [5, 5.41) is 10.7. The number of hydrogen-bond donors (Lipinski definition) is 1. The van der Waals surface area contributed by atoms with Crippen LogP contribution in [0.25, 0.3) is 22.3 Å². The zero-order valence-corrected chi connectivity index (χ0v) is 10.7. The van der Waals surface area contributed by atoms with E-state index in [2.05, 4.69) is 4.98 Å². The van der Waals surface area contributed by atoms with E-state index in [9.17, 15) is 4.79 Å². The predicted molar refractivity (Wildman–Crippen MR) is 75.2 cm³/mol. The Morgan fingerprint density at radius 2 is 2.21 bits per heavy atom. The maximum atomic E-state index is 10.6. The van der Waals surface area contributed by atoms with Crippen molar-refractivity contribution >= 4 is 28.9 Å². The van der Waals surface area contributed by atoms with Gasteiger partial charge in [-0.3, -0.25) is 4.40 Å². The predicted octanol–water partition coefficient (Wildman–Crippen LogP) is 3.16. The summed E-state index contributed by atoms with van der Waals surface area (Å²) in [5.74, 6) is -0.148. The van der Waals surface area contributed by atoms with E-state index in [4.69, 9.17) is 5.11 Å². The minimum Gasteiger partial charge on any atom is -0.478 e. The van der Waals surface area contributed by atoms with Crippen LogP contribution >= 0.6 is 11.3 Å². The van der Waals surface area contributed by atoms with E-state index in [1.807, 2.05) is 46.3 Å². The van der Waals surface area contributed by atoms with Crippen LogP contribution in [0, 0.1) is 0 Å². The Hall–Kier alpha value is -2.40. The largest absolute Gasteiger partial charge is 0.478 e. The first-order valence-electron chi connectivity index (χ1n) is 5.67. The van der Waals surface area contributed by atoms with Gasteiger partial charge in [0.15, 0.2) is 5.82 Å². The zero-order chi connectivity index (χ0) is 13.2. The molecule has 0 spiro atoms. The van der Waals surface area contributed by atoms with Crippen LogP contribution in [0.15, 0.2) is 48.0 Å². The second-order valence-corrected chi connectivity index (χ2v) is 4.87. The monoisotopic (exact) mass is 270 g/mol. The van der Waals surface area contributed by atoms with Crippen molar-refractivity contribution in [3.8, 4) is 10.7 Å². The van der Waals surface area contributed by atoms with E-state index < -0.39 is 5.97 Å². The summed E-state index contributed by atoms with van der Waals surface area (Å²) in [4.78, 5) is 16.2. The van der Waals surface area contributed by atoms with Crippen molar-refractivity contribution in [2.24, 2.45) is 0 Å². The molecule has 4 nitrogen and oxygen atoms in total. The van der Waals surface area contributed by atoms with Gasteiger partial charge in [0.1, 0.15) is 0 Å². The van der Waals surface area contributed by atoms with Crippen molar-refractivity contribution in [3.63, 3.8) is 0 Å². The molecule has 0 saturated carbocycles. The van der Waals surface area contributed by atoms with Crippen LogP contribution in [0.4, 0.5) is 0 Å². The molecule has 5 heteroatoms. The molecular formula is C14H10N2O2S. The van der Waals surface area contributed by atoms with Crippen LogP contribution in [0.3, 0.4) is 0 Å². The molecule has 0 amide bonds. The Balaban J connectivity index is 2.22. The molecule has 0 aromatic carbocycles. The highest BCUT2D eigenvalue weighted by Gasteiger charge is 2.11. The molecule has 0 atom stereocenters. The number of carbonyl (C=O) groups is 1. The summed E-state index contributed by atoms with van der Waals surface area (Å²) in [6, 6.07) is 9.73. The Morgan fingerprint density at radius 3 is 2.95 bits per heavy atom. The number of nitrogens with zero attached hydrogens (tertiary/aromatic N) is 2. The van der Waals surface area contributed by atoms with Crippen LogP contribution in [-0.2, 0) is 4.79 Å². The molecule has 0 aliphatic carbocycles. The molecule has 0 fully saturated rings. The van der Waals surface area contributed by atoms with Crippen molar-refractivity contribution in [2.45, 2.75) is 0 Å². The highest BCUT2D eigenvalue weighted by atomic mass is 32.1. The highest BCUT2D eigenvalue weighted by molar-refractivity contribution is 7.13. The Bertz CT molecular complexity index is 757. The van der Waals surface area contributed by atoms with Gasteiger partial charge in [-0.1, -0.05) is 12.1 Å². The fourth-order valence-corrected chi connectivity index (χ4v) is 2.62. The van der Waals surface area contributed by atoms with Gasteiger partial charge in [-0.25, -0.2) is 9.78 Å². The molecule has 0 unspecified atom stereocenters. The van der Waals surface area contributed by atoms with E-state index in [1.54, 1.807) is 11.3 Å². The van der Waals surface area contributed by atoms with Gasteiger partial charge < -0.3 is 5.11 Å². The number of pyridine rings is 1. The molecule has 0 bridgehead atoms.